The van der Waals surface area contributed by atoms with E-state index >= 15 is 0 Å². The summed E-state index contributed by atoms with van der Waals surface area (Å²) in [5.41, 5.74) is 0. The molecular formula is C37H58N2O7. The van der Waals surface area contributed by atoms with Crippen molar-refractivity contribution >= 4 is 23.8 Å². The van der Waals surface area contributed by atoms with Gasteiger partial charge in [0.2, 0.25) is 11.8 Å². The van der Waals surface area contributed by atoms with Gasteiger partial charge in [0.25, 0.3) is 0 Å². The zero-order valence-electron chi connectivity index (χ0n) is 28.0. The van der Waals surface area contributed by atoms with E-state index in [0.717, 1.165) is 70.6 Å². The number of carbonyl (C=O) groups is 4. The molecule has 0 spiro atoms. The minimum absolute atomic E-state index is 0.131. The molecule has 4 N–H and O–H groups in total. The van der Waals surface area contributed by atoms with Gasteiger partial charge >= 0.3 is 11.9 Å². The van der Waals surface area contributed by atoms with Gasteiger partial charge in [-0.05, 0) is 70.6 Å². The Morgan fingerprint density at radius 1 is 0.674 bits per heavy atom. The molecule has 0 aromatic carbocycles. The van der Waals surface area contributed by atoms with Gasteiger partial charge in [0, 0.05) is 12.8 Å². The molecule has 0 aliphatic rings. The topological polar surface area (TPSA) is 142 Å². The van der Waals surface area contributed by atoms with Crippen molar-refractivity contribution in [3.05, 3.63) is 72.9 Å². The first kappa shape index (κ1) is 42.3. The molecule has 9 heteroatoms. The second-order valence-corrected chi connectivity index (χ2v) is 10.9. The van der Waals surface area contributed by atoms with Gasteiger partial charge < -0.3 is 25.6 Å². The number of rotatable bonds is 28. The van der Waals surface area contributed by atoms with Gasteiger partial charge in [-0.1, -0.05) is 99.6 Å². The van der Waals surface area contributed by atoms with Crippen molar-refractivity contribution in [1.82, 2.24) is 10.6 Å². The van der Waals surface area contributed by atoms with Crippen LogP contribution in [0.1, 0.15) is 110 Å². The van der Waals surface area contributed by atoms with Crippen LogP contribution in [-0.2, 0) is 23.9 Å². The summed E-state index contributed by atoms with van der Waals surface area (Å²) in [5.74, 6) is -2.53. The standard InChI is InChI=1S/C37H58N2O7/c1-3-5-6-7-8-9-10-11-12-13-14-15-16-17-18-19-20-21-25-29-36(43)46-32(26-4-2)27-23-22-24-28-34(41)38-30-35(42)39-33(31-40)37(44)45/h5-6,8-9,11-12,14-15,17-18,20-21,32-33,40H,3-4,7,10,13,16,19,22-31H2,1-2H3,(H,38,41)(H,39,42)(H,44,45)/b6-5-,9-8-,12-11-,15-14-,18-17-,21-20-. The lowest BCUT2D eigenvalue weighted by atomic mass is 10.1. The molecule has 0 saturated heterocycles. The van der Waals surface area contributed by atoms with Crippen LogP contribution in [0.3, 0.4) is 0 Å². The van der Waals surface area contributed by atoms with Gasteiger partial charge in [-0.2, -0.15) is 0 Å². The molecule has 0 aromatic rings. The Balaban J connectivity index is 3.98. The second-order valence-electron chi connectivity index (χ2n) is 10.9. The highest BCUT2D eigenvalue weighted by Gasteiger charge is 2.18. The molecule has 46 heavy (non-hydrogen) atoms. The maximum absolute atomic E-state index is 12.3. The molecule has 0 fully saturated rings. The summed E-state index contributed by atoms with van der Waals surface area (Å²) in [7, 11) is 0. The van der Waals surface area contributed by atoms with Crippen molar-refractivity contribution in [3.8, 4) is 0 Å². The highest BCUT2D eigenvalue weighted by Crippen LogP contribution is 2.14. The summed E-state index contributed by atoms with van der Waals surface area (Å²) in [4.78, 5) is 46.8. The van der Waals surface area contributed by atoms with Crippen molar-refractivity contribution in [2.24, 2.45) is 0 Å². The van der Waals surface area contributed by atoms with Crippen LogP contribution in [0.5, 0.6) is 0 Å². The zero-order chi connectivity index (χ0) is 34.1. The molecule has 258 valence electrons. The number of unbranched alkanes of at least 4 members (excludes halogenated alkanes) is 2. The molecule has 0 aliphatic heterocycles. The summed E-state index contributed by atoms with van der Waals surface area (Å²) in [6.45, 7) is 3.11. The maximum atomic E-state index is 12.3. The third kappa shape index (κ3) is 27.8. The molecule has 0 rings (SSSR count). The number of carboxylic acid groups (broad SMARTS) is 1. The predicted octanol–water partition coefficient (Wildman–Crippen LogP) is 6.80. The monoisotopic (exact) mass is 642 g/mol. The lowest BCUT2D eigenvalue weighted by molar-refractivity contribution is -0.149. The quantitative estimate of drug-likeness (QED) is 0.0418. The van der Waals surface area contributed by atoms with Crippen molar-refractivity contribution in [2.45, 2.75) is 122 Å². The molecule has 0 saturated carbocycles. The molecule has 0 radical (unpaired) electrons. The Kier molecular flexibility index (Phi) is 28.7. The van der Waals surface area contributed by atoms with Gasteiger partial charge in [-0.15, -0.1) is 0 Å². The number of esters is 1. The fourth-order valence-electron chi connectivity index (χ4n) is 4.20. The Morgan fingerprint density at radius 3 is 1.72 bits per heavy atom. The average molecular weight is 643 g/mol. The van der Waals surface area contributed by atoms with E-state index < -0.39 is 24.5 Å². The van der Waals surface area contributed by atoms with Gasteiger partial charge in [0.05, 0.1) is 13.2 Å². The minimum atomic E-state index is -1.40. The summed E-state index contributed by atoms with van der Waals surface area (Å²) in [5, 5.41) is 22.3. The summed E-state index contributed by atoms with van der Waals surface area (Å²) in [6.07, 6.45) is 37.4. The number of amides is 2. The lowest BCUT2D eigenvalue weighted by Gasteiger charge is -2.17. The smallest absolute Gasteiger partial charge is 0.328 e. The van der Waals surface area contributed by atoms with Crippen LogP contribution in [0.25, 0.3) is 0 Å². The van der Waals surface area contributed by atoms with E-state index in [1.807, 2.05) is 6.08 Å². The number of allylic oxidation sites excluding steroid dienone is 12. The number of carboxylic acids is 1. The van der Waals surface area contributed by atoms with Gasteiger partial charge in [0.1, 0.15) is 12.1 Å². The van der Waals surface area contributed by atoms with Gasteiger partial charge in [-0.25, -0.2) is 4.79 Å². The Morgan fingerprint density at radius 2 is 1.22 bits per heavy atom. The Hall–Kier alpha value is -3.72. The van der Waals surface area contributed by atoms with E-state index in [1.165, 1.54) is 0 Å². The number of nitrogens with one attached hydrogen (secondary N) is 2. The third-order valence-electron chi connectivity index (χ3n) is 6.71. The van der Waals surface area contributed by atoms with E-state index in [2.05, 4.69) is 91.3 Å². The Labute approximate surface area is 276 Å². The molecule has 2 amide bonds. The van der Waals surface area contributed by atoms with Crippen molar-refractivity contribution in [3.63, 3.8) is 0 Å². The normalized spacial score (nSPS) is 13.5. The predicted molar refractivity (Wildman–Crippen MR) is 185 cm³/mol. The van der Waals surface area contributed by atoms with Crippen molar-refractivity contribution in [1.29, 1.82) is 0 Å². The lowest BCUT2D eigenvalue weighted by Crippen LogP contribution is -2.47. The molecule has 9 nitrogen and oxygen atoms in total. The van der Waals surface area contributed by atoms with Crippen LogP contribution in [0.4, 0.5) is 0 Å². The SMILES string of the molecule is CC/C=C\C/C=C\C/C=C\C/C=C\C/C=C\C/C=C\CCC(=O)OC(CCC)CCCCCC(=O)NCC(=O)NC(CO)C(=O)O. The third-order valence-corrected chi connectivity index (χ3v) is 6.71. The fraction of sp³-hybridized carbons (Fsp3) is 0.568. The number of hydrogen-bond acceptors (Lipinski definition) is 6. The second kappa shape index (κ2) is 31.3. The van der Waals surface area contributed by atoms with Crippen LogP contribution in [0.2, 0.25) is 0 Å². The number of carbonyl (C=O) groups excluding carboxylic acids is 3. The summed E-state index contributed by atoms with van der Waals surface area (Å²) in [6, 6.07) is -1.40. The van der Waals surface area contributed by atoms with E-state index in [0.29, 0.717) is 19.3 Å². The van der Waals surface area contributed by atoms with Crippen LogP contribution in [-0.4, -0.2) is 59.3 Å². The van der Waals surface area contributed by atoms with E-state index in [4.69, 9.17) is 14.9 Å². The van der Waals surface area contributed by atoms with Crippen LogP contribution in [0, 0.1) is 0 Å². The first-order valence-corrected chi connectivity index (χ1v) is 16.8. The number of hydrogen-bond donors (Lipinski definition) is 4. The maximum Gasteiger partial charge on any atom is 0.328 e. The number of aliphatic hydroxyl groups excluding tert-OH is 1. The van der Waals surface area contributed by atoms with Crippen LogP contribution in [0.15, 0.2) is 72.9 Å². The van der Waals surface area contributed by atoms with Crippen molar-refractivity contribution in [2.75, 3.05) is 13.2 Å². The van der Waals surface area contributed by atoms with E-state index in [9.17, 15) is 19.2 Å². The Bertz CT molecular complexity index is 1010. The average Bonchev–Trinajstić information content (AvgIpc) is 3.03. The number of aliphatic carboxylic acids is 1. The molecule has 0 heterocycles. The molecule has 0 aliphatic carbocycles. The summed E-state index contributed by atoms with van der Waals surface area (Å²) >= 11 is 0. The molecule has 0 aromatic heterocycles. The van der Waals surface area contributed by atoms with E-state index in [-0.39, 0.29) is 30.9 Å². The number of aliphatic hydroxyl groups is 1. The molecule has 0 bridgehead atoms. The molecule has 2 unspecified atom stereocenters. The van der Waals surface area contributed by atoms with Crippen LogP contribution < -0.4 is 10.6 Å². The number of ether oxygens (including phenoxy) is 1. The highest BCUT2D eigenvalue weighted by atomic mass is 16.5. The van der Waals surface area contributed by atoms with Crippen molar-refractivity contribution < 1.29 is 34.1 Å². The van der Waals surface area contributed by atoms with E-state index in [1.54, 1.807) is 0 Å². The molecular weight excluding hydrogens is 584 g/mol. The summed E-state index contributed by atoms with van der Waals surface area (Å²) < 4.78 is 5.69. The van der Waals surface area contributed by atoms with Gasteiger partial charge in [0.15, 0.2) is 0 Å². The fourth-order valence-corrected chi connectivity index (χ4v) is 4.20. The van der Waals surface area contributed by atoms with Crippen LogP contribution >= 0.6 is 0 Å². The van der Waals surface area contributed by atoms with Gasteiger partial charge in [-0.3, -0.25) is 14.4 Å². The first-order valence-electron chi connectivity index (χ1n) is 16.8. The molecule has 2 atom stereocenters. The highest BCUT2D eigenvalue weighted by molar-refractivity contribution is 5.87. The largest absolute Gasteiger partial charge is 0.480 e. The first-order chi connectivity index (χ1) is 22.3. The minimum Gasteiger partial charge on any atom is -0.480 e. The zero-order valence-corrected chi connectivity index (χ0v) is 28.0.